The van der Waals surface area contributed by atoms with Crippen molar-refractivity contribution in [3.63, 3.8) is 0 Å². The van der Waals surface area contributed by atoms with Crippen LogP contribution in [0.25, 0.3) is 0 Å². The quantitative estimate of drug-likeness (QED) is 0.690. The highest BCUT2D eigenvalue weighted by atomic mass is 19.4. The number of likely N-dealkylation sites (N-methyl/N-ethyl adjacent to an activating group) is 1. The smallest absolute Gasteiger partial charge is 0.308 e. The molecule has 28 heavy (non-hydrogen) atoms. The molecule has 0 saturated carbocycles. The first-order valence-corrected chi connectivity index (χ1v) is 8.42. The van der Waals surface area contributed by atoms with Crippen LogP contribution < -0.4 is 5.56 Å². The molecule has 0 bridgehead atoms. The average Bonchev–Trinajstić information content (AvgIpc) is 2.53. The van der Waals surface area contributed by atoms with Crippen molar-refractivity contribution < 1.29 is 26.3 Å². The number of hydrogen-bond donors (Lipinski definition) is 0. The van der Waals surface area contributed by atoms with Crippen LogP contribution in [0, 0.1) is 6.92 Å². The summed E-state index contributed by atoms with van der Waals surface area (Å²) in [6.45, 7) is 1.42. The van der Waals surface area contributed by atoms with Crippen molar-refractivity contribution in [2.24, 2.45) is 0 Å². The lowest BCUT2D eigenvalue weighted by atomic mass is 9.98. The van der Waals surface area contributed by atoms with E-state index in [9.17, 15) is 31.1 Å². The number of hydrogen-bond acceptors (Lipinski definition) is 2. The van der Waals surface area contributed by atoms with Crippen molar-refractivity contribution in [2.45, 2.75) is 32.2 Å². The molecule has 0 atom stereocenters. The molecule has 0 aliphatic carbocycles. The maximum absolute atomic E-state index is 13.5. The molecule has 2 aromatic rings. The van der Waals surface area contributed by atoms with Crippen molar-refractivity contribution >= 4 is 0 Å². The SMILES string of the molecule is Cc1cccc(Cc2c(C(F)(F)F)cc(C(F)(F)F)n(CCN(C)C)c2=O)c1. The first-order chi connectivity index (χ1) is 12.8. The molecule has 2 rings (SSSR count). The Morgan fingerprint density at radius 1 is 1.00 bits per heavy atom. The second-order valence-corrected chi connectivity index (χ2v) is 6.84. The third kappa shape index (κ3) is 5.15. The first-order valence-electron chi connectivity index (χ1n) is 8.42. The summed E-state index contributed by atoms with van der Waals surface area (Å²) in [6, 6.07) is 6.53. The number of aryl methyl sites for hydroxylation is 1. The van der Waals surface area contributed by atoms with Crippen LogP contribution >= 0.6 is 0 Å². The molecule has 9 heteroatoms. The Labute approximate surface area is 158 Å². The number of benzene rings is 1. The van der Waals surface area contributed by atoms with E-state index in [4.69, 9.17) is 0 Å². The molecule has 1 aromatic carbocycles. The van der Waals surface area contributed by atoms with Crippen molar-refractivity contribution in [1.82, 2.24) is 9.47 Å². The second-order valence-electron chi connectivity index (χ2n) is 6.84. The molecular formula is C19H20F6N2O. The zero-order chi connectivity index (χ0) is 21.3. The monoisotopic (exact) mass is 406 g/mol. The fourth-order valence-corrected chi connectivity index (χ4v) is 2.90. The van der Waals surface area contributed by atoms with Gasteiger partial charge in [0.1, 0.15) is 5.69 Å². The Morgan fingerprint density at radius 2 is 1.64 bits per heavy atom. The fraction of sp³-hybridized carbons (Fsp3) is 0.421. The van der Waals surface area contributed by atoms with E-state index < -0.39 is 41.2 Å². The average molecular weight is 406 g/mol. The normalized spacial score (nSPS) is 12.6. The Kier molecular flexibility index (Phi) is 6.27. The van der Waals surface area contributed by atoms with Gasteiger partial charge in [-0.2, -0.15) is 26.3 Å². The minimum Gasteiger partial charge on any atom is -0.308 e. The van der Waals surface area contributed by atoms with E-state index in [-0.39, 0.29) is 19.2 Å². The van der Waals surface area contributed by atoms with Gasteiger partial charge in [-0.1, -0.05) is 29.8 Å². The van der Waals surface area contributed by atoms with Gasteiger partial charge >= 0.3 is 12.4 Å². The number of nitrogens with zero attached hydrogens (tertiary/aromatic N) is 2. The summed E-state index contributed by atoms with van der Waals surface area (Å²) in [5.74, 6) is 0. The standard InChI is InChI=1S/C19H20F6N2O/c1-12-5-4-6-13(9-12)10-14-15(18(20,21)22)11-16(19(23,24)25)27(17(14)28)8-7-26(2)3/h4-6,9,11H,7-8,10H2,1-3H3. The second kappa shape index (κ2) is 7.98. The fourth-order valence-electron chi connectivity index (χ4n) is 2.90. The Balaban J connectivity index is 2.73. The molecule has 0 amide bonds. The molecule has 1 heterocycles. The molecular weight excluding hydrogens is 386 g/mol. The molecule has 0 saturated heterocycles. The van der Waals surface area contributed by atoms with Crippen LogP contribution in [0.2, 0.25) is 0 Å². The van der Waals surface area contributed by atoms with Gasteiger partial charge in [0.25, 0.3) is 5.56 Å². The zero-order valence-electron chi connectivity index (χ0n) is 15.6. The highest BCUT2D eigenvalue weighted by Crippen LogP contribution is 2.36. The van der Waals surface area contributed by atoms with E-state index in [2.05, 4.69) is 0 Å². The Bertz CT molecular complexity index is 897. The molecule has 0 radical (unpaired) electrons. The van der Waals surface area contributed by atoms with Gasteiger partial charge in [-0.15, -0.1) is 0 Å². The maximum atomic E-state index is 13.5. The lowest BCUT2D eigenvalue weighted by Crippen LogP contribution is -2.36. The van der Waals surface area contributed by atoms with Crippen LogP contribution in [-0.4, -0.2) is 30.1 Å². The number of pyridine rings is 1. The predicted octanol–water partition coefficient (Wildman–Crippen LogP) is 4.35. The molecule has 0 N–H and O–H groups in total. The lowest BCUT2D eigenvalue weighted by Gasteiger charge is -2.22. The summed E-state index contributed by atoms with van der Waals surface area (Å²) in [5, 5.41) is 0. The van der Waals surface area contributed by atoms with Crippen molar-refractivity contribution in [3.05, 3.63) is 68.6 Å². The Morgan fingerprint density at radius 3 is 2.14 bits per heavy atom. The van der Waals surface area contributed by atoms with E-state index in [1.54, 1.807) is 44.1 Å². The maximum Gasteiger partial charge on any atom is 0.431 e. The van der Waals surface area contributed by atoms with E-state index in [0.717, 1.165) is 5.56 Å². The van der Waals surface area contributed by atoms with Crippen LogP contribution in [0.3, 0.4) is 0 Å². The molecule has 3 nitrogen and oxygen atoms in total. The zero-order valence-corrected chi connectivity index (χ0v) is 15.6. The van der Waals surface area contributed by atoms with Crippen LogP contribution in [0.4, 0.5) is 26.3 Å². The molecule has 0 spiro atoms. The predicted molar refractivity (Wildman–Crippen MR) is 93.2 cm³/mol. The van der Waals surface area contributed by atoms with E-state index in [0.29, 0.717) is 10.1 Å². The van der Waals surface area contributed by atoms with Gasteiger partial charge in [0.15, 0.2) is 0 Å². The Hall–Kier alpha value is -2.29. The summed E-state index contributed by atoms with van der Waals surface area (Å²) < 4.78 is 81.1. The van der Waals surface area contributed by atoms with E-state index in [1.807, 2.05) is 0 Å². The summed E-state index contributed by atoms with van der Waals surface area (Å²) in [6.07, 6.45) is -10.6. The molecule has 0 aliphatic heterocycles. The van der Waals surface area contributed by atoms with Crippen LogP contribution in [0.5, 0.6) is 0 Å². The molecule has 0 unspecified atom stereocenters. The van der Waals surface area contributed by atoms with Gasteiger partial charge < -0.3 is 9.47 Å². The summed E-state index contributed by atoms with van der Waals surface area (Å²) in [7, 11) is 3.19. The van der Waals surface area contributed by atoms with Gasteiger partial charge in [-0.3, -0.25) is 4.79 Å². The molecule has 154 valence electrons. The van der Waals surface area contributed by atoms with Crippen LogP contribution in [0.15, 0.2) is 35.1 Å². The van der Waals surface area contributed by atoms with E-state index in [1.165, 1.54) is 6.07 Å². The topological polar surface area (TPSA) is 25.2 Å². The van der Waals surface area contributed by atoms with Crippen molar-refractivity contribution in [1.29, 1.82) is 0 Å². The number of aromatic nitrogens is 1. The minimum atomic E-state index is -5.09. The molecule has 0 aliphatic rings. The van der Waals surface area contributed by atoms with Gasteiger partial charge in [0.2, 0.25) is 0 Å². The molecule has 1 aromatic heterocycles. The summed E-state index contributed by atoms with van der Waals surface area (Å²) in [5.41, 5.74) is -3.92. The largest absolute Gasteiger partial charge is 0.431 e. The van der Waals surface area contributed by atoms with Crippen LogP contribution in [-0.2, 0) is 25.3 Å². The molecule has 0 fully saturated rings. The van der Waals surface area contributed by atoms with Crippen molar-refractivity contribution in [3.8, 4) is 0 Å². The minimum absolute atomic E-state index is 0.0438. The highest BCUT2D eigenvalue weighted by molar-refractivity contribution is 5.36. The van der Waals surface area contributed by atoms with Gasteiger partial charge in [0, 0.05) is 25.1 Å². The lowest BCUT2D eigenvalue weighted by molar-refractivity contribution is -0.148. The van der Waals surface area contributed by atoms with Crippen molar-refractivity contribution in [2.75, 3.05) is 20.6 Å². The van der Waals surface area contributed by atoms with Crippen LogP contribution in [0.1, 0.15) is 27.9 Å². The van der Waals surface area contributed by atoms with Gasteiger partial charge in [-0.05, 0) is 32.6 Å². The number of alkyl halides is 6. The number of rotatable bonds is 5. The number of halogens is 6. The highest BCUT2D eigenvalue weighted by Gasteiger charge is 2.41. The third-order valence-electron chi connectivity index (χ3n) is 4.23. The summed E-state index contributed by atoms with van der Waals surface area (Å²) >= 11 is 0. The summed E-state index contributed by atoms with van der Waals surface area (Å²) in [4.78, 5) is 14.3. The van der Waals surface area contributed by atoms with E-state index >= 15 is 0 Å². The first kappa shape index (κ1) is 22.0. The van der Waals surface area contributed by atoms with Gasteiger partial charge in [-0.25, -0.2) is 0 Å². The third-order valence-corrected chi connectivity index (χ3v) is 4.23. The van der Waals surface area contributed by atoms with Gasteiger partial charge in [0.05, 0.1) is 5.56 Å².